The van der Waals surface area contributed by atoms with Crippen molar-refractivity contribution in [1.29, 1.82) is 0 Å². The van der Waals surface area contributed by atoms with E-state index >= 15 is 0 Å². The van der Waals surface area contributed by atoms with Gasteiger partial charge in [-0.15, -0.1) is 0 Å². The summed E-state index contributed by atoms with van der Waals surface area (Å²) in [6.45, 7) is 1.63. The molecule has 1 aromatic rings. The van der Waals surface area contributed by atoms with E-state index in [4.69, 9.17) is 0 Å². The van der Waals surface area contributed by atoms with Crippen LogP contribution in [0.3, 0.4) is 0 Å². The van der Waals surface area contributed by atoms with Crippen molar-refractivity contribution in [3.8, 4) is 0 Å². The molecule has 0 aliphatic rings. The second-order valence-electron chi connectivity index (χ2n) is 2.93. The Morgan fingerprint density at radius 2 is 2.13 bits per heavy atom. The first-order valence-electron chi connectivity index (χ1n) is 4.09. The quantitative estimate of drug-likeness (QED) is 0.781. The zero-order valence-corrected chi connectivity index (χ0v) is 8.79. The third kappa shape index (κ3) is 3.67. The van der Waals surface area contributed by atoms with Gasteiger partial charge in [-0.3, -0.25) is 4.79 Å². The van der Waals surface area contributed by atoms with Crippen LogP contribution < -0.4 is 0 Å². The molecular weight excluding hydrogens is 223 g/mol. The average molecular weight is 232 g/mol. The minimum atomic E-state index is -3.18. The maximum absolute atomic E-state index is 12.7. The number of benzene rings is 1. The lowest BCUT2D eigenvalue weighted by atomic mass is 10.1. The van der Waals surface area contributed by atoms with E-state index in [2.05, 4.69) is 4.18 Å². The molecule has 0 saturated heterocycles. The van der Waals surface area contributed by atoms with E-state index in [9.17, 15) is 17.6 Å². The number of aryl methyl sites for hydroxylation is 1. The van der Waals surface area contributed by atoms with Crippen molar-refractivity contribution in [2.24, 2.45) is 0 Å². The van der Waals surface area contributed by atoms with Crippen molar-refractivity contribution in [2.75, 3.05) is 0 Å². The van der Waals surface area contributed by atoms with E-state index in [1.807, 2.05) is 0 Å². The molecule has 0 saturated carbocycles. The second kappa shape index (κ2) is 4.88. The van der Waals surface area contributed by atoms with E-state index in [0.29, 0.717) is 11.1 Å². The lowest BCUT2D eigenvalue weighted by Crippen LogP contribution is -2.07. The van der Waals surface area contributed by atoms with Crippen molar-refractivity contribution < 1.29 is 21.8 Å². The van der Waals surface area contributed by atoms with E-state index < -0.39 is 22.8 Å². The minimum Gasteiger partial charge on any atom is -0.347 e. The van der Waals surface area contributed by atoms with Crippen LogP contribution in [0.1, 0.15) is 11.1 Å². The third-order valence-electron chi connectivity index (χ3n) is 1.82. The summed E-state index contributed by atoms with van der Waals surface area (Å²) in [6.07, 6.45) is -0.185. The predicted octanol–water partition coefficient (Wildman–Crippen LogP) is 0.746. The van der Waals surface area contributed by atoms with Crippen LogP contribution in [0.25, 0.3) is 0 Å². The zero-order valence-electron chi connectivity index (χ0n) is 7.90. The van der Waals surface area contributed by atoms with Crippen molar-refractivity contribution in [3.05, 3.63) is 35.1 Å². The topological polar surface area (TPSA) is 60.4 Å². The Bertz CT molecular complexity index is 445. The molecule has 0 radical (unpaired) electrons. The standard InChI is InChI=1S/C9H9FO4S/c1-6-4-8(10)3-2-7(6)5-9(11)14-15(12)13/h2-4,15H,5H2,1H3. The Labute approximate surface area is 87.8 Å². The summed E-state index contributed by atoms with van der Waals surface area (Å²) in [5, 5.41) is 0. The first-order chi connectivity index (χ1) is 6.99. The van der Waals surface area contributed by atoms with Gasteiger partial charge in [-0.25, -0.2) is 4.39 Å². The van der Waals surface area contributed by atoms with Crippen LogP contribution >= 0.6 is 0 Å². The fourth-order valence-electron chi connectivity index (χ4n) is 1.13. The molecule has 0 spiro atoms. The second-order valence-corrected chi connectivity index (χ2v) is 3.56. The Morgan fingerprint density at radius 3 is 2.67 bits per heavy atom. The molecule has 0 aliphatic carbocycles. The smallest absolute Gasteiger partial charge is 0.326 e. The summed E-state index contributed by atoms with van der Waals surface area (Å²) < 4.78 is 36.8. The van der Waals surface area contributed by atoms with Gasteiger partial charge in [0.15, 0.2) is 0 Å². The normalized spacial score (nSPS) is 10.3. The van der Waals surface area contributed by atoms with E-state index in [1.54, 1.807) is 6.92 Å². The number of hydrogen-bond donors (Lipinski definition) is 1. The molecule has 0 aromatic heterocycles. The monoisotopic (exact) mass is 232 g/mol. The molecule has 0 bridgehead atoms. The van der Waals surface area contributed by atoms with Crippen LogP contribution in [0.4, 0.5) is 4.39 Å². The van der Waals surface area contributed by atoms with Gasteiger partial charge in [0.25, 0.3) is 0 Å². The molecule has 0 unspecified atom stereocenters. The van der Waals surface area contributed by atoms with Gasteiger partial charge in [0.1, 0.15) is 5.82 Å². The van der Waals surface area contributed by atoms with Gasteiger partial charge in [-0.2, -0.15) is 8.42 Å². The zero-order chi connectivity index (χ0) is 11.4. The summed E-state index contributed by atoms with van der Waals surface area (Å²) in [5.74, 6) is -1.28. The van der Waals surface area contributed by atoms with Gasteiger partial charge in [-0.1, -0.05) is 6.07 Å². The third-order valence-corrected chi connectivity index (χ3v) is 2.17. The fourth-order valence-corrected chi connectivity index (χ4v) is 1.36. The summed E-state index contributed by atoms with van der Waals surface area (Å²) in [6, 6.07) is 3.89. The Morgan fingerprint density at radius 1 is 1.47 bits per heavy atom. The Hall–Kier alpha value is -1.43. The first-order valence-corrected chi connectivity index (χ1v) is 5.19. The summed E-state index contributed by atoms with van der Waals surface area (Å²) in [5.41, 5.74) is 1.12. The predicted molar refractivity (Wildman–Crippen MR) is 51.2 cm³/mol. The Kier molecular flexibility index (Phi) is 3.79. The largest absolute Gasteiger partial charge is 0.347 e. The fraction of sp³-hybridized carbons (Fsp3) is 0.222. The molecule has 4 nitrogen and oxygen atoms in total. The van der Waals surface area contributed by atoms with Crippen LogP contribution in [0.5, 0.6) is 0 Å². The van der Waals surface area contributed by atoms with Crippen molar-refractivity contribution in [2.45, 2.75) is 13.3 Å². The SMILES string of the molecule is Cc1cc(F)ccc1CC(=O)O[SH](=O)=O. The van der Waals surface area contributed by atoms with Crippen LogP contribution in [-0.4, -0.2) is 14.4 Å². The molecule has 0 aliphatic heterocycles. The van der Waals surface area contributed by atoms with Crippen LogP contribution in [0, 0.1) is 12.7 Å². The molecule has 0 atom stereocenters. The number of carbonyl (C=O) groups is 1. The molecule has 1 rings (SSSR count). The molecule has 82 valence electrons. The van der Waals surface area contributed by atoms with Gasteiger partial charge in [0.2, 0.25) is 0 Å². The lowest BCUT2D eigenvalue weighted by Gasteiger charge is -2.03. The minimum absolute atomic E-state index is 0.185. The maximum Gasteiger partial charge on any atom is 0.326 e. The summed E-state index contributed by atoms with van der Waals surface area (Å²) in [7, 11) is -3.18. The van der Waals surface area contributed by atoms with Gasteiger partial charge in [0, 0.05) is 0 Å². The number of rotatable bonds is 3. The molecule has 15 heavy (non-hydrogen) atoms. The van der Waals surface area contributed by atoms with Gasteiger partial charge < -0.3 is 4.18 Å². The number of thiol groups is 1. The van der Waals surface area contributed by atoms with Crippen molar-refractivity contribution in [3.63, 3.8) is 0 Å². The highest BCUT2D eigenvalue weighted by Crippen LogP contribution is 2.11. The maximum atomic E-state index is 12.7. The average Bonchev–Trinajstić information content (AvgIpc) is 2.08. The Balaban J connectivity index is 2.77. The van der Waals surface area contributed by atoms with E-state index in [0.717, 1.165) is 0 Å². The molecule has 0 heterocycles. The van der Waals surface area contributed by atoms with Crippen molar-refractivity contribution >= 4 is 17.0 Å². The number of carbonyl (C=O) groups excluding carboxylic acids is 1. The van der Waals surface area contributed by atoms with E-state index in [1.165, 1.54) is 18.2 Å². The highest BCUT2D eigenvalue weighted by molar-refractivity contribution is 7.67. The van der Waals surface area contributed by atoms with Gasteiger partial charge >= 0.3 is 17.0 Å². The van der Waals surface area contributed by atoms with Crippen LogP contribution in [0.2, 0.25) is 0 Å². The molecule has 0 amide bonds. The summed E-state index contributed by atoms with van der Waals surface area (Å²) in [4.78, 5) is 11.0. The lowest BCUT2D eigenvalue weighted by molar-refractivity contribution is -0.132. The molecule has 6 heteroatoms. The molecule has 0 N–H and O–H groups in total. The highest BCUT2D eigenvalue weighted by atomic mass is 32.2. The highest BCUT2D eigenvalue weighted by Gasteiger charge is 2.08. The molecule has 1 aromatic carbocycles. The number of halogens is 1. The molecular formula is C9H9FO4S. The van der Waals surface area contributed by atoms with Crippen LogP contribution in [-0.2, 0) is 26.4 Å². The van der Waals surface area contributed by atoms with Crippen molar-refractivity contribution in [1.82, 2.24) is 0 Å². The van der Waals surface area contributed by atoms with Crippen LogP contribution in [0.15, 0.2) is 18.2 Å². The summed E-state index contributed by atoms with van der Waals surface area (Å²) >= 11 is 0. The number of hydrogen-bond acceptors (Lipinski definition) is 4. The first kappa shape index (κ1) is 11.6. The molecule has 0 fully saturated rings. The van der Waals surface area contributed by atoms with Gasteiger partial charge in [0.05, 0.1) is 6.42 Å². The van der Waals surface area contributed by atoms with Gasteiger partial charge in [-0.05, 0) is 30.2 Å². The van der Waals surface area contributed by atoms with E-state index in [-0.39, 0.29) is 6.42 Å².